The molecule has 0 atom stereocenters. The summed E-state index contributed by atoms with van der Waals surface area (Å²) >= 11 is 1.80. The van der Waals surface area contributed by atoms with Crippen molar-refractivity contribution in [3.05, 3.63) is 0 Å². The molecule has 0 aliphatic carbocycles. The highest BCUT2D eigenvalue weighted by Crippen LogP contribution is 2.34. The third kappa shape index (κ3) is 5.73. The van der Waals surface area contributed by atoms with Crippen molar-refractivity contribution in [3.8, 4) is 0 Å². The Morgan fingerprint density at radius 1 is 1.40 bits per heavy atom. The maximum Gasteiger partial charge on any atom is 0.221 e. The van der Waals surface area contributed by atoms with Crippen LogP contribution in [0.25, 0.3) is 0 Å². The normalized spacial score (nSPS) is 17.8. The Labute approximate surface area is 127 Å². The molecule has 116 valence electrons. The van der Waals surface area contributed by atoms with Gasteiger partial charge >= 0.3 is 0 Å². The van der Waals surface area contributed by atoms with Gasteiger partial charge in [0.05, 0.1) is 0 Å². The van der Waals surface area contributed by atoms with Gasteiger partial charge in [0, 0.05) is 31.8 Å². The highest BCUT2D eigenvalue weighted by Gasteiger charge is 2.29. The Hall–Kier alpha value is -0.710. The molecule has 0 radical (unpaired) electrons. The van der Waals surface area contributed by atoms with E-state index in [0.717, 1.165) is 24.0 Å². The first-order valence-corrected chi connectivity index (χ1v) is 8.67. The molecule has 2 N–H and O–H groups in total. The van der Waals surface area contributed by atoms with Crippen LogP contribution in [0.2, 0.25) is 0 Å². The lowest BCUT2D eigenvalue weighted by molar-refractivity contribution is -0.121. The Kier molecular flexibility index (Phi) is 7.41. The maximum atomic E-state index is 11.6. The van der Waals surface area contributed by atoms with E-state index in [1.54, 1.807) is 11.8 Å². The van der Waals surface area contributed by atoms with Gasteiger partial charge in [-0.15, -0.1) is 0 Å². The Balaban J connectivity index is 2.23. The van der Waals surface area contributed by atoms with Crippen LogP contribution in [-0.4, -0.2) is 36.5 Å². The summed E-state index contributed by atoms with van der Waals surface area (Å²) in [4.78, 5) is 16.2. The molecule has 0 bridgehead atoms. The van der Waals surface area contributed by atoms with Crippen molar-refractivity contribution < 1.29 is 4.79 Å². The largest absolute Gasteiger partial charge is 0.364 e. The zero-order valence-corrected chi connectivity index (χ0v) is 14.1. The van der Waals surface area contributed by atoms with Crippen LogP contribution in [0.3, 0.4) is 0 Å². The molecular formula is C15H29N3OS. The molecular weight excluding hydrogens is 270 g/mol. The molecule has 0 fully saturated rings. The van der Waals surface area contributed by atoms with Gasteiger partial charge in [0.25, 0.3) is 0 Å². The van der Waals surface area contributed by atoms with E-state index in [9.17, 15) is 4.79 Å². The minimum Gasteiger partial charge on any atom is -0.364 e. The summed E-state index contributed by atoms with van der Waals surface area (Å²) in [7, 11) is 0. The van der Waals surface area contributed by atoms with Crippen molar-refractivity contribution >= 4 is 22.8 Å². The monoisotopic (exact) mass is 299 g/mol. The highest BCUT2D eigenvalue weighted by molar-refractivity contribution is 8.13. The summed E-state index contributed by atoms with van der Waals surface area (Å²) in [6.45, 7) is 11.0. The third-order valence-corrected chi connectivity index (χ3v) is 5.21. The highest BCUT2D eigenvalue weighted by atomic mass is 32.2. The van der Waals surface area contributed by atoms with Gasteiger partial charge in [-0.05, 0) is 24.2 Å². The van der Waals surface area contributed by atoms with Crippen molar-refractivity contribution in [2.45, 2.75) is 47.0 Å². The number of amidine groups is 1. The van der Waals surface area contributed by atoms with E-state index in [0.29, 0.717) is 24.3 Å². The third-order valence-electron chi connectivity index (χ3n) is 3.91. The zero-order valence-electron chi connectivity index (χ0n) is 13.3. The molecule has 0 spiro atoms. The molecule has 1 rings (SSSR count). The van der Waals surface area contributed by atoms with Gasteiger partial charge in [-0.2, -0.15) is 0 Å². The van der Waals surface area contributed by atoms with E-state index in [1.807, 2.05) is 0 Å². The zero-order chi connectivity index (χ0) is 15.0. The van der Waals surface area contributed by atoms with Crippen LogP contribution < -0.4 is 10.6 Å². The second kappa shape index (κ2) is 8.55. The van der Waals surface area contributed by atoms with E-state index in [4.69, 9.17) is 0 Å². The first kappa shape index (κ1) is 17.3. The van der Waals surface area contributed by atoms with Crippen LogP contribution in [0.1, 0.15) is 47.0 Å². The lowest BCUT2D eigenvalue weighted by atomic mass is 9.84. The fourth-order valence-corrected chi connectivity index (χ4v) is 3.33. The Bertz CT molecular complexity index is 338. The lowest BCUT2D eigenvalue weighted by Crippen LogP contribution is -2.36. The number of nitrogens with one attached hydrogen (secondary N) is 2. The predicted octanol–water partition coefficient (Wildman–Crippen LogP) is 2.65. The molecule has 4 nitrogen and oxygen atoms in total. The number of carbonyl (C=O) groups excluding carboxylic acids is 1. The summed E-state index contributed by atoms with van der Waals surface area (Å²) < 4.78 is 0. The van der Waals surface area contributed by atoms with E-state index < -0.39 is 0 Å². The standard InChI is InChI=1S/C15H29N3OS/c1-5-15(6-2)10-18-14(20-11-15)16-8-7-13(19)17-9-12(3)4/h12H,5-11H2,1-4H3,(H,16,18)(H,17,19). The smallest absolute Gasteiger partial charge is 0.221 e. The van der Waals surface area contributed by atoms with Crippen molar-refractivity contribution in [2.24, 2.45) is 16.3 Å². The molecule has 1 heterocycles. The SMILES string of the molecule is CCC1(CC)CN=C(NCCC(=O)NCC(C)C)SC1. The number of carbonyl (C=O) groups is 1. The summed E-state index contributed by atoms with van der Waals surface area (Å²) in [5.74, 6) is 1.75. The molecule has 0 saturated heterocycles. The quantitative estimate of drug-likeness (QED) is 0.760. The van der Waals surface area contributed by atoms with E-state index in [2.05, 4.69) is 43.3 Å². The van der Waals surface area contributed by atoms with Gasteiger partial charge in [-0.25, -0.2) is 0 Å². The maximum absolute atomic E-state index is 11.6. The van der Waals surface area contributed by atoms with E-state index in [1.165, 1.54) is 12.8 Å². The van der Waals surface area contributed by atoms with Crippen LogP contribution in [0.4, 0.5) is 0 Å². The van der Waals surface area contributed by atoms with Gasteiger partial charge in [0.1, 0.15) is 0 Å². The molecule has 20 heavy (non-hydrogen) atoms. The molecule has 5 heteroatoms. The second-order valence-corrected chi connectivity index (χ2v) is 6.96. The Morgan fingerprint density at radius 3 is 2.60 bits per heavy atom. The number of thioether (sulfide) groups is 1. The number of hydrogen-bond donors (Lipinski definition) is 2. The predicted molar refractivity (Wildman–Crippen MR) is 88.2 cm³/mol. The van der Waals surface area contributed by atoms with Gasteiger partial charge in [-0.1, -0.05) is 39.5 Å². The average molecular weight is 299 g/mol. The number of nitrogens with zero attached hydrogens (tertiary/aromatic N) is 1. The van der Waals surface area contributed by atoms with Crippen molar-refractivity contribution in [3.63, 3.8) is 0 Å². The summed E-state index contributed by atoms with van der Waals surface area (Å²) in [6, 6.07) is 0. The minimum absolute atomic E-state index is 0.115. The van der Waals surface area contributed by atoms with Crippen molar-refractivity contribution in [1.82, 2.24) is 10.6 Å². The molecule has 0 aromatic rings. The van der Waals surface area contributed by atoms with Crippen LogP contribution in [0.15, 0.2) is 4.99 Å². The Morgan fingerprint density at radius 2 is 2.10 bits per heavy atom. The van der Waals surface area contributed by atoms with Crippen LogP contribution in [-0.2, 0) is 4.79 Å². The number of amides is 1. The molecule has 0 aromatic heterocycles. The van der Waals surface area contributed by atoms with Crippen LogP contribution >= 0.6 is 11.8 Å². The molecule has 0 saturated carbocycles. The molecule has 1 amide bonds. The fraction of sp³-hybridized carbons (Fsp3) is 0.867. The van der Waals surface area contributed by atoms with E-state index >= 15 is 0 Å². The minimum atomic E-state index is 0.115. The first-order chi connectivity index (χ1) is 9.51. The number of rotatable bonds is 7. The van der Waals surface area contributed by atoms with Gasteiger partial charge in [0.15, 0.2) is 5.17 Å². The van der Waals surface area contributed by atoms with E-state index in [-0.39, 0.29) is 5.91 Å². The average Bonchev–Trinajstić information content (AvgIpc) is 2.46. The second-order valence-electron chi connectivity index (χ2n) is 5.99. The molecule has 0 unspecified atom stereocenters. The summed E-state index contributed by atoms with van der Waals surface area (Å²) in [6.07, 6.45) is 2.88. The topological polar surface area (TPSA) is 53.5 Å². The molecule has 1 aliphatic rings. The van der Waals surface area contributed by atoms with Crippen LogP contribution in [0, 0.1) is 11.3 Å². The fourth-order valence-electron chi connectivity index (χ4n) is 2.03. The van der Waals surface area contributed by atoms with Gasteiger partial charge < -0.3 is 10.6 Å². The number of hydrogen-bond acceptors (Lipinski definition) is 4. The summed E-state index contributed by atoms with van der Waals surface area (Å²) in [5.41, 5.74) is 0.379. The lowest BCUT2D eigenvalue weighted by Gasteiger charge is -2.33. The molecule has 0 aromatic carbocycles. The number of aliphatic imine (C=N–C) groups is 1. The van der Waals surface area contributed by atoms with Gasteiger partial charge in [-0.3, -0.25) is 9.79 Å². The van der Waals surface area contributed by atoms with Gasteiger partial charge in [0.2, 0.25) is 5.91 Å². The van der Waals surface area contributed by atoms with Crippen molar-refractivity contribution in [1.29, 1.82) is 0 Å². The summed E-state index contributed by atoms with van der Waals surface area (Å²) in [5, 5.41) is 7.20. The molecule has 1 aliphatic heterocycles. The first-order valence-electron chi connectivity index (χ1n) is 7.69. The van der Waals surface area contributed by atoms with Crippen LogP contribution in [0.5, 0.6) is 0 Å². The van der Waals surface area contributed by atoms with Crippen molar-refractivity contribution in [2.75, 3.05) is 25.4 Å².